The molecule has 0 unspecified atom stereocenters. The molecule has 1 fully saturated rings. The molecule has 1 aliphatic heterocycles. The summed E-state index contributed by atoms with van der Waals surface area (Å²) < 4.78 is 6.69. The predicted molar refractivity (Wildman–Crippen MR) is 58.9 cm³/mol. The van der Waals surface area contributed by atoms with E-state index < -0.39 is 0 Å². The third kappa shape index (κ3) is 2.78. The van der Waals surface area contributed by atoms with Gasteiger partial charge in [-0.05, 0) is 6.07 Å². The summed E-state index contributed by atoms with van der Waals surface area (Å²) in [6.45, 7) is 3.53. The van der Waals surface area contributed by atoms with Gasteiger partial charge in [-0.2, -0.15) is 0 Å². The minimum absolute atomic E-state index is 0. The molecule has 16 heavy (non-hydrogen) atoms. The van der Waals surface area contributed by atoms with E-state index in [1.165, 1.54) is 10.8 Å². The average molecular weight is 228 g/mol. The van der Waals surface area contributed by atoms with Crippen LogP contribution in [-0.4, -0.2) is 46.2 Å². The van der Waals surface area contributed by atoms with Gasteiger partial charge in [-0.1, -0.05) is 0 Å². The molecule has 0 bridgehead atoms. The van der Waals surface area contributed by atoms with Crippen LogP contribution in [0.15, 0.2) is 17.1 Å². The molecule has 7 heteroatoms. The molecule has 1 aliphatic rings. The van der Waals surface area contributed by atoms with Gasteiger partial charge in [0.15, 0.2) is 0 Å². The summed E-state index contributed by atoms with van der Waals surface area (Å²) in [5.74, 6) is 0.446. The molecule has 2 heterocycles. The van der Waals surface area contributed by atoms with E-state index in [0.717, 1.165) is 13.1 Å². The molecule has 90 valence electrons. The fourth-order valence-electron chi connectivity index (χ4n) is 1.53. The summed E-state index contributed by atoms with van der Waals surface area (Å²) in [7, 11) is 0. The molecule has 0 aromatic carbocycles. The van der Waals surface area contributed by atoms with Gasteiger partial charge in [-0.15, -0.1) is 0 Å². The van der Waals surface area contributed by atoms with E-state index in [0.29, 0.717) is 25.7 Å². The summed E-state index contributed by atoms with van der Waals surface area (Å²) in [6, 6.07) is 1.63. The van der Waals surface area contributed by atoms with Crippen LogP contribution in [0.25, 0.3) is 0 Å². The van der Waals surface area contributed by atoms with Crippen molar-refractivity contribution in [2.75, 3.05) is 32.0 Å². The second kappa shape index (κ2) is 5.59. The van der Waals surface area contributed by atoms with E-state index in [-0.39, 0.29) is 11.2 Å². The van der Waals surface area contributed by atoms with Gasteiger partial charge in [-0.25, -0.2) is 9.78 Å². The zero-order valence-electron chi connectivity index (χ0n) is 8.93. The molecule has 2 rings (SSSR count). The van der Waals surface area contributed by atoms with E-state index in [2.05, 4.69) is 9.88 Å². The van der Waals surface area contributed by atoms with Gasteiger partial charge < -0.3 is 15.9 Å². The van der Waals surface area contributed by atoms with Crippen LogP contribution in [0.4, 0.5) is 5.82 Å². The van der Waals surface area contributed by atoms with Crippen LogP contribution in [0.5, 0.6) is 0 Å². The summed E-state index contributed by atoms with van der Waals surface area (Å²) >= 11 is 0. The van der Waals surface area contributed by atoms with Crippen LogP contribution in [0.1, 0.15) is 0 Å². The van der Waals surface area contributed by atoms with Gasteiger partial charge in [0.25, 0.3) is 0 Å². The van der Waals surface area contributed by atoms with Gasteiger partial charge in [0.05, 0.1) is 19.9 Å². The summed E-state index contributed by atoms with van der Waals surface area (Å²) in [4.78, 5) is 17.2. The Bertz CT molecular complexity index is 387. The lowest BCUT2D eigenvalue weighted by Crippen LogP contribution is -2.41. The lowest BCUT2D eigenvalue weighted by Gasteiger charge is -2.27. The van der Waals surface area contributed by atoms with Gasteiger partial charge in [0, 0.05) is 19.3 Å². The Balaban J connectivity index is 0.00000128. The Kier molecular flexibility index (Phi) is 4.41. The van der Waals surface area contributed by atoms with Gasteiger partial charge in [0.1, 0.15) is 5.82 Å². The van der Waals surface area contributed by atoms with Crippen LogP contribution >= 0.6 is 0 Å². The minimum Gasteiger partial charge on any atom is -0.412 e. The smallest absolute Gasteiger partial charge is 0.350 e. The quantitative estimate of drug-likeness (QED) is 0.649. The van der Waals surface area contributed by atoms with E-state index >= 15 is 0 Å². The molecule has 0 atom stereocenters. The number of nitrogens with two attached hydrogens (primary N) is 1. The van der Waals surface area contributed by atoms with Crippen molar-refractivity contribution in [3.8, 4) is 0 Å². The molecule has 0 spiro atoms. The first-order valence-corrected chi connectivity index (χ1v) is 4.89. The van der Waals surface area contributed by atoms with Gasteiger partial charge >= 0.3 is 5.69 Å². The molecule has 0 radical (unpaired) electrons. The molecular formula is C9H16N4O3. The minimum atomic E-state index is -0.304. The maximum Gasteiger partial charge on any atom is 0.350 e. The number of hydrogen-bond donors (Lipinski definition) is 1. The fraction of sp³-hybridized carbons (Fsp3) is 0.556. The number of ether oxygens (including phenoxy) is 1. The molecular weight excluding hydrogens is 212 g/mol. The van der Waals surface area contributed by atoms with Crippen LogP contribution in [0.3, 0.4) is 0 Å². The highest BCUT2D eigenvalue weighted by molar-refractivity contribution is 5.25. The lowest BCUT2D eigenvalue weighted by molar-refractivity contribution is 0.0230. The van der Waals surface area contributed by atoms with Crippen LogP contribution < -0.4 is 11.4 Å². The van der Waals surface area contributed by atoms with Gasteiger partial charge in [0.2, 0.25) is 0 Å². The van der Waals surface area contributed by atoms with Gasteiger partial charge in [-0.3, -0.25) is 9.47 Å². The molecule has 1 aromatic rings. The Hall–Kier alpha value is -1.44. The van der Waals surface area contributed by atoms with Crippen LogP contribution in [-0.2, 0) is 11.4 Å². The van der Waals surface area contributed by atoms with Crippen molar-refractivity contribution in [3.63, 3.8) is 0 Å². The van der Waals surface area contributed by atoms with Crippen molar-refractivity contribution in [2.24, 2.45) is 0 Å². The van der Waals surface area contributed by atoms with Crippen molar-refractivity contribution >= 4 is 5.82 Å². The zero-order valence-corrected chi connectivity index (χ0v) is 8.93. The number of hydrogen-bond acceptors (Lipinski definition) is 5. The standard InChI is InChI=1S/C9H14N4O2.H2O/c10-8-1-2-11-9(14)13(8)7-12-3-5-15-6-4-12;/h1-2H,3-7,10H2;1H2. The third-order valence-corrected chi connectivity index (χ3v) is 2.42. The zero-order chi connectivity index (χ0) is 10.7. The summed E-state index contributed by atoms with van der Waals surface area (Å²) in [6.07, 6.45) is 1.42. The van der Waals surface area contributed by atoms with Crippen molar-refractivity contribution in [1.29, 1.82) is 0 Å². The number of aromatic nitrogens is 2. The second-order valence-corrected chi connectivity index (χ2v) is 3.45. The maximum absolute atomic E-state index is 11.4. The summed E-state index contributed by atoms with van der Waals surface area (Å²) in [5.41, 5.74) is 5.40. The normalized spacial score (nSPS) is 16.8. The first kappa shape index (κ1) is 12.6. The second-order valence-electron chi connectivity index (χ2n) is 3.45. The van der Waals surface area contributed by atoms with Crippen molar-refractivity contribution in [2.45, 2.75) is 6.67 Å². The van der Waals surface area contributed by atoms with Crippen molar-refractivity contribution in [3.05, 3.63) is 22.7 Å². The van der Waals surface area contributed by atoms with Crippen LogP contribution in [0, 0.1) is 0 Å². The molecule has 0 aliphatic carbocycles. The molecule has 7 nitrogen and oxygen atoms in total. The third-order valence-electron chi connectivity index (χ3n) is 2.42. The SMILES string of the molecule is Nc1ccnc(=O)n1CN1CCOCC1.O. The molecule has 0 amide bonds. The summed E-state index contributed by atoms with van der Waals surface area (Å²) in [5, 5.41) is 0. The van der Waals surface area contributed by atoms with E-state index in [4.69, 9.17) is 10.5 Å². The van der Waals surface area contributed by atoms with E-state index in [9.17, 15) is 4.79 Å². The Morgan fingerprint density at radius 1 is 1.44 bits per heavy atom. The van der Waals surface area contributed by atoms with E-state index in [1.54, 1.807) is 6.07 Å². The van der Waals surface area contributed by atoms with E-state index in [1.807, 2.05) is 0 Å². The highest BCUT2D eigenvalue weighted by atomic mass is 16.5. The Labute approximate surface area is 92.8 Å². The fourth-order valence-corrected chi connectivity index (χ4v) is 1.53. The molecule has 4 N–H and O–H groups in total. The Morgan fingerprint density at radius 3 is 2.75 bits per heavy atom. The van der Waals surface area contributed by atoms with Crippen molar-refractivity contribution < 1.29 is 10.2 Å². The molecule has 1 aromatic heterocycles. The first-order valence-electron chi connectivity index (χ1n) is 4.89. The maximum atomic E-state index is 11.4. The number of nitrogen functional groups attached to an aromatic ring is 1. The highest BCUT2D eigenvalue weighted by Crippen LogP contribution is 2.02. The van der Waals surface area contributed by atoms with Crippen molar-refractivity contribution in [1.82, 2.24) is 14.5 Å². The number of nitrogens with zero attached hydrogens (tertiary/aromatic N) is 3. The molecule has 0 saturated carbocycles. The molecule has 1 saturated heterocycles. The highest BCUT2D eigenvalue weighted by Gasteiger charge is 2.12. The first-order chi connectivity index (χ1) is 7.27. The van der Waals surface area contributed by atoms with Crippen LogP contribution in [0.2, 0.25) is 0 Å². The number of anilines is 1. The predicted octanol–water partition coefficient (Wildman–Crippen LogP) is -1.71. The number of rotatable bonds is 2. The number of morpholine rings is 1. The topological polar surface area (TPSA) is 105 Å². The lowest BCUT2D eigenvalue weighted by atomic mass is 10.4. The average Bonchev–Trinajstić information content (AvgIpc) is 2.25. The monoisotopic (exact) mass is 228 g/mol. The Morgan fingerprint density at radius 2 is 2.12 bits per heavy atom. The largest absolute Gasteiger partial charge is 0.412 e.